The molecule has 1 aromatic heterocycles. The first-order chi connectivity index (χ1) is 13.6. The van der Waals surface area contributed by atoms with Gasteiger partial charge in [-0.3, -0.25) is 0 Å². The van der Waals surface area contributed by atoms with Crippen molar-refractivity contribution in [3.63, 3.8) is 0 Å². The fraction of sp³-hybridized carbons (Fsp3) is 0.190. The van der Waals surface area contributed by atoms with E-state index in [1.165, 1.54) is 0 Å². The van der Waals surface area contributed by atoms with Gasteiger partial charge in [-0.1, -0.05) is 46.9 Å². The van der Waals surface area contributed by atoms with Crippen molar-refractivity contribution >= 4 is 52.0 Å². The Morgan fingerprint density at radius 3 is 2.29 bits per heavy atom. The molecule has 0 radical (unpaired) electrons. The first-order valence-corrected chi connectivity index (χ1v) is 10.2. The van der Waals surface area contributed by atoms with Crippen LogP contribution in [0, 0.1) is 0 Å². The predicted octanol–water partition coefficient (Wildman–Crippen LogP) is 5.86. The van der Waals surface area contributed by atoms with E-state index in [1.807, 2.05) is 42.5 Å². The van der Waals surface area contributed by atoms with Crippen molar-refractivity contribution in [3.8, 4) is 11.3 Å². The highest BCUT2D eigenvalue weighted by atomic mass is 35.5. The molecule has 3 aromatic rings. The van der Waals surface area contributed by atoms with Crippen LogP contribution in [0.2, 0.25) is 15.1 Å². The molecule has 1 aliphatic heterocycles. The van der Waals surface area contributed by atoms with Gasteiger partial charge in [0.05, 0.1) is 26.4 Å². The Hall–Kier alpha value is -1.98. The summed E-state index contributed by atoms with van der Waals surface area (Å²) >= 11 is 19.2. The number of nitrogens with one attached hydrogen (secondary N) is 2. The molecule has 4 nitrogen and oxygen atoms in total. The Kier molecular flexibility index (Phi) is 5.93. The number of anilines is 3. The summed E-state index contributed by atoms with van der Waals surface area (Å²) in [4.78, 5) is 6.95. The second-order valence-electron chi connectivity index (χ2n) is 6.53. The van der Waals surface area contributed by atoms with Crippen molar-refractivity contribution in [2.24, 2.45) is 0 Å². The summed E-state index contributed by atoms with van der Waals surface area (Å²) in [7, 11) is 0. The van der Waals surface area contributed by atoms with E-state index in [9.17, 15) is 0 Å². The van der Waals surface area contributed by atoms with Crippen LogP contribution in [0.5, 0.6) is 0 Å². The van der Waals surface area contributed by atoms with Gasteiger partial charge in [0.25, 0.3) is 0 Å². The molecule has 2 N–H and O–H groups in total. The maximum atomic E-state index is 6.54. The lowest BCUT2D eigenvalue weighted by molar-refractivity contribution is 0.589. The molecule has 0 aliphatic carbocycles. The van der Waals surface area contributed by atoms with Gasteiger partial charge < -0.3 is 15.5 Å². The summed E-state index contributed by atoms with van der Waals surface area (Å²) in [6.07, 6.45) is 0. The molecule has 0 atom stereocenters. The highest BCUT2D eigenvalue weighted by Gasteiger charge is 2.14. The van der Waals surface area contributed by atoms with Gasteiger partial charge in [-0.05, 0) is 42.5 Å². The molecule has 2 heterocycles. The van der Waals surface area contributed by atoms with Crippen molar-refractivity contribution < 1.29 is 0 Å². The lowest BCUT2D eigenvalue weighted by Gasteiger charge is -2.30. The Morgan fingerprint density at radius 2 is 1.57 bits per heavy atom. The minimum atomic E-state index is 0.570. The summed E-state index contributed by atoms with van der Waals surface area (Å²) in [5.74, 6) is 0.694. The smallest absolute Gasteiger partial charge is 0.131 e. The monoisotopic (exact) mass is 432 g/mol. The molecular weight excluding hydrogens is 415 g/mol. The average Bonchev–Trinajstić information content (AvgIpc) is 2.69. The van der Waals surface area contributed by atoms with Crippen LogP contribution in [0.15, 0.2) is 54.6 Å². The maximum absolute atomic E-state index is 6.54. The largest absolute Gasteiger partial charge is 0.368 e. The Balaban J connectivity index is 1.57. The second kappa shape index (κ2) is 8.58. The van der Waals surface area contributed by atoms with E-state index in [4.69, 9.17) is 34.8 Å². The number of pyridine rings is 1. The highest BCUT2D eigenvalue weighted by molar-refractivity contribution is 6.39. The third-order valence-corrected chi connectivity index (χ3v) is 5.58. The zero-order valence-corrected chi connectivity index (χ0v) is 17.3. The normalized spacial score (nSPS) is 14.2. The zero-order chi connectivity index (χ0) is 19.5. The van der Waals surface area contributed by atoms with Crippen LogP contribution in [-0.4, -0.2) is 31.2 Å². The maximum Gasteiger partial charge on any atom is 0.131 e. The van der Waals surface area contributed by atoms with Gasteiger partial charge in [-0.2, -0.15) is 0 Å². The number of rotatable bonds is 4. The van der Waals surface area contributed by atoms with Crippen molar-refractivity contribution in [2.45, 2.75) is 0 Å². The van der Waals surface area contributed by atoms with Crippen LogP contribution < -0.4 is 15.5 Å². The van der Waals surface area contributed by atoms with E-state index in [2.05, 4.69) is 20.5 Å². The number of aromatic nitrogens is 1. The van der Waals surface area contributed by atoms with Crippen LogP contribution >= 0.6 is 34.8 Å². The Bertz CT molecular complexity index is 967. The molecule has 4 rings (SSSR count). The topological polar surface area (TPSA) is 40.2 Å². The second-order valence-corrected chi connectivity index (χ2v) is 7.75. The fourth-order valence-electron chi connectivity index (χ4n) is 3.28. The van der Waals surface area contributed by atoms with E-state index < -0.39 is 0 Å². The Labute approximate surface area is 179 Å². The lowest BCUT2D eigenvalue weighted by atomic mass is 10.1. The van der Waals surface area contributed by atoms with E-state index >= 15 is 0 Å². The molecule has 1 saturated heterocycles. The van der Waals surface area contributed by atoms with Gasteiger partial charge >= 0.3 is 0 Å². The molecule has 1 fully saturated rings. The van der Waals surface area contributed by atoms with Crippen molar-refractivity contribution in [2.75, 3.05) is 36.4 Å². The molecule has 1 aliphatic rings. The molecule has 2 aromatic carbocycles. The van der Waals surface area contributed by atoms with Gasteiger partial charge in [0, 0.05) is 37.4 Å². The fourth-order valence-corrected chi connectivity index (χ4v) is 4.17. The standard InChI is InChI=1S/C21H19Cl3N4/c22-15-3-1-4-16(23)21(15)18-5-2-6-20(27-18)26-14-7-8-19(17(24)13-14)28-11-9-25-10-12-28/h1-8,13,25H,9-12H2,(H,26,27). The van der Waals surface area contributed by atoms with Gasteiger partial charge in [-0.25, -0.2) is 4.98 Å². The molecule has 0 unspecified atom stereocenters. The highest BCUT2D eigenvalue weighted by Crippen LogP contribution is 2.34. The molecular formula is C21H19Cl3N4. The van der Waals surface area contributed by atoms with Crippen LogP contribution in [0.1, 0.15) is 0 Å². The Morgan fingerprint density at radius 1 is 0.857 bits per heavy atom. The summed E-state index contributed by atoms with van der Waals surface area (Å²) in [5.41, 5.74) is 3.36. The van der Waals surface area contributed by atoms with Crippen LogP contribution in [0.4, 0.5) is 17.2 Å². The first-order valence-electron chi connectivity index (χ1n) is 9.05. The van der Waals surface area contributed by atoms with Gasteiger partial charge in [0.2, 0.25) is 0 Å². The summed E-state index contributed by atoms with van der Waals surface area (Å²) in [5, 5.41) is 8.52. The van der Waals surface area contributed by atoms with Crippen LogP contribution in [0.3, 0.4) is 0 Å². The summed E-state index contributed by atoms with van der Waals surface area (Å²) < 4.78 is 0. The molecule has 0 amide bonds. The SMILES string of the molecule is Clc1cc(Nc2cccc(-c3c(Cl)cccc3Cl)n2)ccc1N1CCNCC1. The van der Waals surface area contributed by atoms with Gasteiger partial charge in [0.15, 0.2) is 0 Å². The average molecular weight is 434 g/mol. The number of benzene rings is 2. The molecule has 0 saturated carbocycles. The molecule has 7 heteroatoms. The number of piperazine rings is 1. The van der Waals surface area contributed by atoms with Crippen molar-refractivity contribution in [1.82, 2.24) is 10.3 Å². The first kappa shape index (κ1) is 19.3. The minimum absolute atomic E-state index is 0.570. The van der Waals surface area contributed by atoms with Crippen LogP contribution in [0.25, 0.3) is 11.3 Å². The minimum Gasteiger partial charge on any atom is -0.368 e. The van der Waals surface area contributed by atoms with E-state index in [1.54, 1.807) is 12.1 Å². The van der Waals surface area contributed by atoms with Gasteiger partial charge in [-0.15, -0.1) is 0 Å². The van der Waals surface area contributed by atoms with E-state index in [-0.39, 0.29) is 0 Å². The van der Waals surface area contributed by atoms with Gasteiger partial charge in [0.1, 0.15) is 5.82 Å². The van der Waals surface area contributed by atoms with E-state index in [0.717, 1.165) is 48.1 Å². The molecule has 144 valence electrons. The third kappa shape index (κ3) is 4.20. The van der Waals surface area contributed by atoms with E-state index in [0.29, 0.717) is 21.6 Å². The number of halogens is 3. The molecule has 28 heavy (non-hydrogen) atoms. The molecule has 0 spiro atoms. The summed E-state index contributed by atoms with van der Waals surface area (Å²) in [6, 6.07) is 17.1. The molecule has 0 bridgehead atoms. The quantitative estimate of drug-likeness (QED) is 0.540. The predicted molar refractivity (Wildman–Crippen MR) is 120 cm³/mol. The lowest BCUT2D eigenvalue weighted by Crippen LogP contribution is -2.43. The number of nitrogens with zero attached hydrogens (tertiary/aromatic N) is 2. The van der Waals surface area contributed by atoms with Crippen molar-refractivity contribution in [1.29, 1.82) is 0 Å². The van der Waals surface area contributed by atoms with Crippen LogP contribution in [-0.2, 0) is 0 Å². The third-order valence-electron chi connectivity index (χ3n) is 4.65. The number of hydrogen-bond acceptors (Lipinski definition) is 4. The van der Waals surface area contributed by atoms with Crippen molar-refractivity contribution in [3.05, 3.63) is 69.7 Å². The zero-order valence-electron chi connectivity index (χ0n) is 15.1. The summed E-state index contributed by atoms with van der Waals surface area (Å²) in [6.45, 7) is 3.85. The number of hydrogen-bond donors (Lipinski definition) is 2.